The minimum absolute atomic E-state index is 0.0205. The second kappa shape index (κ2) is 5.16. The van der Waals surface area contributed by atoms with Gasteiger partial charge in [-0.05, 0) is 17.7 Å². The molecule has 0 spiro atoms. The van der Waals surface area contributed by atoms with Gasteiger partial charge in [-0.15, -0.1) is 0 Å². The topological polar surface area (TPSA) is 75.3 Å². The second-order valence-electron chi connectivity index (χ2n) is 2.68. The Labute approximate surface area is 82.0 Å². The van der Waals surface area contributed by atoms with Crippen molar-refractivity contribution in [2.75, 3.05) is 6.61 Å². The molecule has 4 nitrogen and oxygen atoms in total. The summed E-state index contributed by atoms with van der Waals surface area (Å²) >= 11 is 0. The smallest absolute Gasteiger partial charge is 0.265 e. The zero-order valence-corrected chi connectivity index (χ0v) is 7.60. The maximum Gasteiger partial charge on any atom is 0.265 e. The highest BCUT2D eigenvalue weighted by molar-refractivity contribution is 5.94. The van der Waals surface area contributed by atoms with Gasteiger partial charge in [0.25, 0.3) is 5.91 Å². The highest BCUT2D eigenvalue weighted by Gasteiger charge is 2.01. The summed E-state index contributed by atoms with van der Waals surface area (Å²) in [6.45, 7) is -0.0205. The third-order valence-corrected chi connectivity index (χ3v) is 1.70. The summed E-state index contributed by atoms with van der Waals surface area (Å²) in [5, 5.41) is 8.57. The third kappa shape index (κ3) is 2.69. The van der Waals surface area contributed by atoms with Crippen LogP contribution in [0.15, 0.2) is 30.3 Å². The van der Waals surface area contributed by atoms with Gasteiger partial charge in [0.15, 0.2) is 0 Å². The molecule has 0 saturated carbocycles. The molecular formula is C10H12N2O2. The molecule has 14 heavy (non-hydrogen) atoms. The predicted octanol–water partition coefficient (Wildman–Crippen LogP) is 0.296. The Morgan fingerprint density at radius 2 is 2.36 bits per heavy atom. The second-order valence-corrected chi connectivity index (χ2v) is 2.68. The van der Waals surface area contributed by atoms with Crippen LogP contribution in [0.5, 0.6) is 0 Å². The van der Waals surface area contributed by atoms with Gasteiger partial charge in [-0.3, -0.25) is 10.2 Å². The zero-order valence-electron chi connectivity index (χ0n) is 7.60. The van der Waals surface area contributed by atoms with Crippen LogP contribution in [0.3, 0.4) is 0 Å². The first-order valence-corrected chi connectivity index (χ1v) is 4.16. The lowest BCUT2D eigenvalue weighted by Gasteiger charge is -2.00. The molecule has 1 rings (SSSR count). The fourth-order valence-electron chi connectivity index (χ4n) is 1.06. The van der Waals surface area contributed by atoms with Gasteiger partial charge in [0, 0.05) is 5.56 Å². The molecule has 0 fully saturated rings. The SMILES string of the molecule is NNC(=O)c1cccc(C=CCO)c1. The molecule has 0 aliphatic carbocycles. The lowest BCUT2D eigenvalue weighted by atomic mass is 10.1. The first kappa shape index (κ1) is 10.4. The first-order chi connectivity index (χ1) is 6.77. The Bertz CT molecular complexity index is 348. The first-order valence-electron chi connectivity index (χ1n) is 4.16. The molecule has 4 N–H and O–H groups in total. The molecule has 1 aromatic carbocycles. The van der Waals surface area contributed by atoms with E-state index in [4.69, 9.17) is 10.9 Å². The largest absolute Gasteiger partial charge is 0.392 e. The maximum absolute atomic E-state index is 11.1. The predicted molar refractivity (Wildman–Crippen MR) is 54.2 cm³/mol. The molecule has 74 valence electrons. The van der Waals surface area contributed by atoms with Crippen LogP contribution in [0.1, 0.15) is 15.9 Å². The van der Waals surface area contributed by atoms with E-state index in [1.54, 1.807) is 30.4 Å². The Morgan fingerprint density at radius 3 is 3.00 bits per heavy atom. The molecule has 0 saturated heterocycles. The quantitative estimate of drug-likeness (QED) is 0.366. The van der Waals surface area contributed by atoms with Crippen molar-refractivity contribution in [2.24, 2.45) is 5.84 Å². The third-order valence-electron chi connectivity index (χ3n) is 1.70. The maximum atomic E-state index is 11.1. The van der Waals surface area contributed by atoms with Crippen molar-refractivity contribution in [3.8, 4) is 0 Å². The van der Waals surface area contributed by atoms with Crippen LogP contribution in [0.25, 0.3) is 6.08 Å². The number of benzene rings is 1. The molecule has 0 aliphatic rings. The number of nitrogens with two attached hydrogens (primary N) is 1. The van der Waals surface area contributed by atoms with Gasteiger partial charge < -0.3 is 5.11 Å². The number of nitrogen functional groups attached to an aromatic ring is 1. The minimum Gasteiger partial charge on any atom is -0.392 e. The van der Waals surface area contributed by atoms with E-state index in [9.17, 15) is 4.79 Å². The van der Waals surface area contributed by atoms with Crippen molar-refractivity contribution in [2.45, 2.75) is 0 Å². The van der Waals surface area contributed by atoms with Crippen LogP contribution < -0.4 is 11.3 Å². The van der Waals surface area contributed by atoms with Gasteiger partial charge >= 0.3 is 0 Å². The van der Waals surface area contributed by atoms with Crippen LogP contribution in [-0.4, -0.2) is 17.6 Å². The van der Waals surface area contributed by atoms with Crippen molar-refractivity contribution < 1.29 is 9.90 Å². The Kier molecular flexibility index (Phi) is 3.84. The number of aliphatic hydroxyl groups excluding tert-OH is 1. The van der Waals surface area contributed by atoms with Gasteiger partial charge in [-0.1, -0.05) is 24.3 Å². The fourth-order valence-corrected chi connectivity index (χ4v) is 1.06. The van der Waals surface area contributed by atoms with E-state index in [1.807, 2.05) is 6.07 Å². The minimum atomic E-state index is -0.329. The van der Waals surface area contributed by atoms with E-state index in [2.05, 4.69) is 5.43 Å². The Balaban J connectivity index is 2.89. The molecule has 0 heterocycles. The van der Waals surface area contributed by atoms with E-state index in [-0.39, 0.29) is 12.5 Å². The molecule has 0 unspecified atom stereocenters. The average Bonchev–Trinajstić information content (AvgIpc) is 2.25. The van der Waals surface area contributed by atoms with E-state index >= 15 is 0 Å². The molecule has 0 aromatic heterocycles. The molecule has 4 heteroatoms. The number of rotatable bonds is 3. The standard InChI is InChI=1S/C10H12N2O2/c11-12-10(14)9-5-1-3-8(7-9)4-2-6-13/h1-5,7,13H,6,11H2,(H,12,14). The van der Waals surface area contributed by atoms with E-state index < -0.39 is 0 Å². The van der Waals surface area contributed by atoms with Crippen molar-refractivity contribution in [1.29, 1.82) is 0 Å². The highest BCUT2D eigenvalue weighted by Crippen LogP contribution is 2.06. The van der Waals surface area contributed by atoms with Crippen LogP contribution >= 0.6 is 0 Å². The summed E-state index contributed by atoms with van der Waals surface area (Å²) in [5.74, 6) is 4.67. The molecule has 0 radical (unpaired) electrons. The monoisotopic (exact) mass is 192 g/mol. The Hall–Kier alpha value is -1.65. The van der Waals surface area contributed by atoms with Gasteiger partial charge in [0.2, 0.25) is 0 Å². The molecule has 0 bridgehead atoms. The number of hydrogen-bond donors (Lipinski definition) is 3. The number of carbonyl (C=O) groups excluding carboxylic acids is 1. The summed E-state index contributed by atoms with van der Waals surface area (Å²) in [7, 11) is 0. The molecule has 1 aromatic rings. The summed E-state index contributed by atoms with van der Waals surface area (Å²) in [5.41, 5.74) is 3.39. The van der Waals surface area contributed by atoms with Crippen molar-refractivity contribution >= 4 is 12.0 Å². The summed E-state index contributed by atoms with van der Waals surface area (Å²) < 4.78 is 0. The van der Waals surface area contributed by atoms with Crippen molar-refractivity contribution in [3.05, 3.63) is 41.5 Å². The van der Waals surface area contributed by atoms with Gasteiger partial charge in [0.05, 0.1) is 6.61 Å². The van der Waals surface area contributed by atoms with Crippen LogP contribution in [0.4, 0.5) is 0 Å². The van der Waals surface area contributed by atoms with Crippen LogP contribution in [0.2, 0.25) is 0 Å². The van der Waals surface area contributed by atoms with E-state index in [1.165, 1.54) is 0 Å². The molecule has 1 amide bonds. The van der Waals surface area contributed by atoms with Crippen molar-refractivity contribution in [1.82, 2.24) is 5.43 Å². The molecule has 0 aliphatic heterocycles. The van der Waals surface area contributed by atoms with Gasteiger partial charge in [-0.25, -0.2) is 5.84 Å². The number of nitrogens with one attached hydrogen (secondary N) is 1. The number of hydrazine groups is 1. The number of carbonyl (C=O) groups is 1. The normalized spacial score (nSPS) is 10.4. The van der Waals surface area contributed by atoms with Crippen LogP contribution in [0, 0.1) is 0 Å². The van der Waals surface area contributed by atoms with Crippen molar-refractivity contribution in [3.63, 3.8) is 0 Å². The van der Waals surface area contributed by atoms with E-state index in [0.29, 0.717) is 5.56 Å². The lowest BCUT2D eigenvalue weighted by Crippen LogP contribution is -2.29. The zero-order chi connectivity index (χ0) is 10.4. The summed E-state index contributed by atoms with van der Waals surface area (Å²) in [6, 6.07) is 6.94. The number of amides is 1. The van der Waals surface area contributed by atoms with Gasteiger partial charge in [0.1, 0.15) is 0 Å². The number of aliphatic hydroxyl groups is 1. The van der Waals surface area contributed by atoms with E-state index in [0.717, 1.165) is 5.56 Å². The van der Waals surface area contributed by atoms with Crippen LogP contribution in [-0.2, 0) is 0 Å². The lowest BCUT2D eigenvalue weighted by molar-refractivity contribution is 0.0953. The average molecular weight is 192 g/mol. The summed E-state index contributed by atoms with van der Waals surface area (Å²) in [6.07, 6.45) is 3.33. The number of hydrogen-bond acceptors (Lipinski definition) is 3. The fraction of sp³-hybridized carbons (Fsp3) is 0.100. The highest BCUT2D eigenvalue weighted by atomic mass is 16.2. The summed E-state index contributed by atoms with van der Waals surface area (Å²) in [4.78, 5) is 11.1. The molecule has 0 atom stereocenters. The Morgan fingerprint density at radius 1 is 1.57 bits per heavy atom. The van der Waals surface area contributed by atoms with Gasteiger partial charge in [-0.2, -0.15) is 0 Å². The molecular weight excluding hydrogens is 180 g/mol.